The van der Waals surface area contributed by atoms with Crippen LogP contribution in [0.2, 0.25) is 0 Å². The normalized spacial score (nSPS) is 13.8. The van der Waals surface area contributed by atoms with E-state index in [4.69, 9.17) is 4.74 Å². The molecule has 1 rings (SSSR count). The maximum atomic E-state index is 11.3. The van der Waals surface area contributed by atoms with Gasteiger partial charge in [0.25, 0.3) is 0 Å². The number of carbonyl (C=O) groups is 1. The Kier molecular flexibility index (Phi) is 6.06. The lowest BCUT2D eigenvalue weighted by Gasteiger charge is -2.31. The summed E-state index contributed by atoms with van der Waals surface area (Å²) in [5.74, 6) is 1.64. The Labute approximate surface area is 142 Å². The molecule has 1 atom stereocenters. The van der Waals surface area contributed by atoms with Gasteiger partial charge in [-0.1, -0.05) is 60.6 Å². The third-order valence-corrected chi connectivity index (χ3v) is 4.43. The largest absolute Gasteiger partial charge is 0.496 e. The topological polar surface area (TPSA) is 26.3 Å². The Morgan fingerprint density at radius 2 is 1.48 bits per heavy atom. The van der Waals surface area contributed by atoms with E-state index in [0.717, 1.165) is 12.2 Å². The molecule has 2 heteroatoms. The Bertz CT molecular complexity index is 521. The first-order chi connectivity index (χ1) is 10.4. The molecular formula is C21H34O2. The van der Waals surface area contributed by atoms with E-state index in [9.17, 15) is 4.79 Å². The highest BCUT2D eigenvalue weighted by Crippen LogP contribution is 2.42. The van der Waals surface area contributed by atoms with Crippen LogP contribution in [0, 0.1) is 0 Å². The van der Waals surface area contributed by atoms with Crippen LogP contribution in [0.4, 0.5) is 0 Å². The smallest absolute Gasteiger partial charge is 0.129 e. The van der Waals surface area contributed by atoms with E-state index in [0.29, 0.717) is 12.3 Å². The first-order valence-corrected chi connectivity index (χ1v) is 8.60. The number of ketones is 1. The van der Waals surface area contributed by atoms with Gasteiger partial charge in [0.15, 0.2) is 0 Å². The average Bonchev–Trinajstić information content (AvgIpc) is 2.41. The van der Waals surface area contributed by atoms with Crippen LogP contribution in [0.25, 0.3) is 0 Å². The molecule has 0 radical (unpaired) electrons. The summed E-state index contributed by atoms with van der Waals surface area (Å²) in [6.07, 6.45) is 1.54. The Morgan fingerprint density at radius 3 is 1.78 bits per heavy atom. The molecule has 2 nitrogen and oxygen atoms in total. The van der Waals surface area contributed by atoms with Gasteiger partial charge < -0.3 is 9.53 Å². The highest BCUT2D eigenvalue weighted by atomic mass is 16.5. The quantitative estimate of drug-likeness (QED) is 0.689. The Hall–Kier alpha value is -1.31. The SMILES string of the molecule is COc1c(C(C)(C)C)cc(C(C)CCC(C)=O)cc1C(C)(C)C. The summed E-state index contributed by atoms with van der Waals surface area (Å²) in [6.45, 7) is 17.2. The molecule has 0 aliphatic heterocycles. The number of Topliss-reactive ketones (excluding diaryl/α,β-unsaturated/α-hetero) is 1. The van der Waals surface area contributed by atoms with Crippen molar-refractivity contribution in [3.63, 3.8) is 0 Å². The van der Waals surface area contributed by atoms with E-state index in [-0.39, 0.29) is 16.6 Å². The number of carbonyl (C=O) groups excluding carboxylic acids is 1. The van der Waals surface area contributed by atoms with E-state index in [1.54, 1.807) is 14.0 Å². The number of ether oxygens (including phenoxy) is 1. The molecule has 0 aliphatic carbocycles. The van der Waals surface area contributed by atoms with Crippen LogP contribution in [0.3, 0.4) is 0 Å². The van der Waals surface area contributed by atoms with Gasteiger partial charge in [0.1, 0.15) is 11.5 Å². The summed E-state index contributed by atoms with van der Waals surface area (Å²) in [5, 5.41) is 0. The summed E-state index contributed by atoms with van der Waals surface area (Å²) >= 11 is 0. The minimum atomic E-state index is 0.0155. The molecule has 0 aromatic heterocycles. The molecule has 0 heterocycles. The molecule has 0 N–H and O–H groups in total. The summed E-state index contributed by atoms with van der Waals surface area (Å²) in [6, 6.07) is 4.55. The lowest BCUT2D eigenvalue weighted by atomic mass is 9.76. The Balaban J connectivity index is 3.47. The van der Waals surface area contributed by atoms with Gasteiger partial charge in [-0.2, -0.15) is 0 Å². The number of benzene rings is 1. The summed E-state index contributed by atoms with van der Waals surface area (Å²) < 4.78 is 5.81. The van der Waals surface area contributed by atoms with Crippen LogP contribution >= 0.6 is 0 Å². The zero-order chi connectivity index (χ0) is 18.0. The van der Waals surface area contributed by atoms with E-state index in [2.05, 4.69) is 60.6 Å². The summed E-state index contributed by atoms with van der Waals surface area (Å²) in [7, 11) is 1.76. The van der Waals surface area contributed by atoms with Crippen molar-refractivity contribution in [1.82, 2.24) is 0 Å². The van der Waals surface area contributed by atoms with Crippen LogP contribution in [0.5, 0.6) is 5.75 Å². The van der Waals surface area contributed by atoms with Gasteiger partial charge in [-0.3, -0.25) is 0 Å². The van der Waals surface area contributed by atoms with Crippen molar-refractivity contribution in [2.75, 3.05) is 7.11 Å². The fourth-order valence-electron chi connectivity index (χ4n) is 2.86. The van der Waals surface area contributed by atoms with Gasteiger partial charge in [0.2, 0.25) is 0 Å². The summed E-state index contributed by atoms with van der Waals surface area (Å²) in [4.78, 5) is 11.3. The minimum Gasteiger partial charge on any atom is -0.496 e. The van der Waals surface area contributed by atoms with Crippen LogP contribution in [0.1, 0.15) is 90.8 Å². The van der Waals surface area contributed by atoms with E-state index < -0.39 is 0 Å². The summed E-state index contributed by atoms with van der Waals surface area (Å²) in [5.41, 5.74) is 3.83. The molecule has 23 heavy (non-hydrogen) atoms. The molecule has 1 aromatic rings. The van der Waals surface area contributed by atoms with Crippen LogP contribution in [-0.4, -0.2) is 12.9 Å². The van der Waals surface area contributed by atoms with Crippen molar-refractivity contribution in [3.05, 3.63) is 28.8 Å². The van der Waals surface area contributed by atoms with Crippen molar-refractivity contribution in [1.29, 1.82) is 0 Å². The van der Waals surface area contributed by atoms with Crippen molar-refractivity contribution in [3.8, 4) is 5.75 Å². The van der Waals surface area contributed by atoms with Crippen molar-refractivity contribution >= 4 is 5.78 Å². The number of hydrogen-bond donors (Lipinski definition) is 0. The lowest BCUT2D eigenvalue weighted by Crippen LogP contribution is -2.20. The van der Waals surface area contributed by atoms with Crippen LogP contribution in [-0.2, 0) is 15.6 Å². The fourth-order valence-corrected chi connectivity index (χ4v) is 2.86. The highest BCUT2D eigenvalue weighted by Gasteiger charge is 2.28. The van der Waals surface area contributed by atoms with Crippen molar-refractivity contribution in [2.45, 2.75) is 85.0 Å². The van der Waals surface area contributed by atoms with Gasteiger partial charge in [0.05, 0.1) is 7.11 Å². The van der Waals surface area contributed by atoms with Gasteiger partial charge in [0, 0.05) is 17.5 Å². The number of methoxy groups -OCH3 is 1. The van der Waals surface area contributed by atoms with Gasteiger partial charge >= 0.3 is 0 Å². The van der Waals surface area contributed by atoms with Crippen molar-refractivity contribution in [2.24, 2.45) is 0 Å². The molecule has 0 spiro atoms. The predicted octanol–water partition coefficient (Wildman–Crippen LogP) is 5.76. The fraction of sp³-hybridized carbons (Fsp3) is 0.667. The number of rotatable bonds is 5. The molecule has 130 valence electrons. The second-order valence-electron chi connectivity index (χ2n) is 8.79. The van der Waals surface area contributed by atoms with Crippen molar-refractivity contribution < 1.29 is 9.53 Å². The zero-order valence-electron chi connectivity index (χ0n) is 16.5. The number of hydrogen-bond acceptors (Lipinski definition) is 2. The highest BCUT2D eigenvalue weighted by molar-refractivity contribution is 5.75. The second kappa shape index (κ2) is 7.07. The third-order valence-electron chi connectivity index (χ3n) is 4.43. The van der Waals surface area contributed by atoms with E-state index >= 15 is 0 Å². The molecule has 0 amide bonds. The average molecular weight is 319 g/mol. The maximum Gasteiger partial charge on any atom is 0.129 e. The molecule has 1 unspecified atom stereocenters. The van der Waals surface area contributed by atoms with E-state index in [1.165, 1.54) is 16.7 Å². The Morgan fingerprint density at radius 1 is 1.04 bits per heavy atom. The maximum absolute atomic E-state index is 11.3. The standard InChI is InChI=1S/C21H34O2/c1-14(10-11-15(2)22)16-12-17(20(3,4)5)19(23-9)18(13-16)21(6,7)8/h12-14H,10-11H2,1-9H3. The van der Waals surface area contributed by atoms with Gasteiger partial charge in [-0.05, 0) is 35.7 Å². The molecule has 0 aliphatic rings. The second-order valence-corrected chi connectivity index (χ2v) is 8.79. The first-order valence-electron chi connectivity index (χ1n) is 8.60. The molecule has 0 saturated carbocycles. The molecule has 0 bridgehead atoms. The predicted molar refractivity (Wildman–Crippen MR) is 98.7 cm³/mol. The molecular weight excluding hydrogens is 284 g/mol. The van der Waals surface area contributed by atoms with Gasteiger partial charge in [-0.25, -0.2) is 0 Å². The molecule has 0 fully saturated rings. The minimum absolute atomic E-state index is 0.0155. The monoisotopic (exact) mass is 318 g/mol. The van der Waals surface area contributed by atoms with Gasteiger partial charge in [-0.15, -0.1) is 0 Å². The lowest BCUT2D eigenvalue weighted by molar-refractivity contribution is -0.117. The van der Waals surface area contributed by atoms with Crippen LogP contribution in [0.15, 0.2) is 12.1 Å². The van der Waals surface area contributed by atoms with Crippen LogP contribution < -0.4 is 4.74 Å². The molecule has 0 saturated heterocycles. The zero-order valence-corrected chi connectivity index (χ0v) is 16.5. The van der Waals surface area contributed by atoms with E-state index in [1.807, 2.05) is 0 Å². The first kappa shape index (κ1) is 19.7. The molecule has 1 aromatic carbocycles. The third kappa shape index (κ3) is 5.09.